The van der Waals surface area contributed by atoms with Crippen molar-refractivity contribution < 1.29 is 21.9 Å². The molecule has 2 aromatic carbocycles. The lowest BCUT2D eigenvalue weighted by molar-refractivity contribution is -0.137. The standard InChI is InChI=1S/C14H12F3NO2S/c1-10-6-2-4-8-12(10)18(21(19)20)13-9-5-3-7-11(13)14(15,16)17/h2-9H,1H3,(H,19,20)/p-1. The largest absolute Gasteiger partial charge is 0.755 e. The van der Waals surface area contributed by atoms with Crippen LogP contribution in [-0.2, 0) is 17.4 Å². The van der Waals surface area contributed by atoms with Crippen LogP contribution in [-0.4, -0.2) is 8.76 Å². The van der Waals surface area contributed by atoms with E-state index in [1.165, 1.54) is 18.2 Å². The van der Waals surface area contributed by atoms with E-state index in [9.17, 15) is 21.9 Å². The molecule has 2 rings (SSSR count). The number of para-hydroxylation sites is 2. The summed E-state index contributed by atoms with van der Waals surface area (Å²) in [5.74, 6) is 0. The number of anilines is 2. The first kappa shape index (κ1) is 15.5. The van der Waals surface area contributed by atoms with Crippen molar-refractivity contribution in [3.63, 3.8) is 0 Å². The van der Waals surface area contributed by atoms with Gasteiger partial charge in [0.15, 0.2) is 0 Å². The highest BCUT2D eigenvalue weighted by Crippen LogP contribution is 2.40. The van der Waals surface area contributed by atoms with Crippen LogP contribution in [0.1, 0.15) is 11.1 Å². The smallest absolute Gasteiger partial charge is 0.418 e. The summed E-state index contributed by atoms with van der Waals surface area (Å²) in [7, 11) is 0. The molecule has 0 aliphatic heterocycles. The predicted octanol–water partition coefficient (Wildman–Crippen LogP) is 3.95. The highest BCUT2D eigenvalue weighted by atomic mass is 32.2. The first-order valence-corrected chi connectivity index (χ1v) is 6.97. The lowest BCUT2D eigenvalue weighted by atomic mass is 10.1. The second-order valence-corrected chi connectivity index (χ2v) is 5.11. The lowest BCUT2D eigenvalue weighted by Crippen LogP contribution is -2.23. The molecular weight excluding hydrogens is 303 g/mol. The summed E-state index contributed by atoms with van der Waals surface area (Å²) in [6.07, 6.45) is -4.64. The van der Waals surface area contributed by atoms with Crippen LogP contribution in [0.15, 0.2) is 48.5 Å². The van der Waals surface area contributed by atoms with E-state index in [1.54, 1.807) is 25.1 Å². The van der Waals surface area contributed by atoms with Crippen molar-refractivity contribution in [1.82, 2.24) is 0 Å². The zero-order chi connectivity index (χ0) is 15.6. The van der Waals surface area contributed by atoms with E-state index in [-0.39, 0.29) is 5.69 Å². The molecule has 0 N–H and O–H groups in total. The molecule has 0 aliphatic rings. The number of rotatable bonds is 3. The Labute approximate surface area is 122 Å². The van der Waals surface area contributed by atoms with E-state index in [4.69, 9.17) is 0 Å². The fourth-order valence-corrected chi connectivity index (χ4v) is 2.66. The second-order valence-electron chi connectivity index (χ2n) is 4.31. The maximum Gasteiger partial charge on any atom is 0.418 e. The minimum atomic E-state index is -4.64. The normalized spacial score (nSPS) is 13.0. The number of hydrogen-bond acceptors (Lipinski definition) is 2. The van der Waals surface area contributed by atoms with Gasteiger partial charge < -0.3 is 4.55 Å². The molecule has 7 heteroatoms. The summed E-state index contributed by atoms with van der Waals surface area (Å²) < 4.78 is 62.8. The quantitative estimate of drug-likeness (QED) is 0.805. The molecule has 0 spiro atoms. The van der Waals surface area contributed by atoms with Crippen molar-refractivity contribution in [2.24, 2.45) is 0 Å². The molecule has 0 radical (unpaired) electrons. The molecule has 2 aromatic rings. The Morgan fingerprint density at radius 2 is 1.52 bits per heavy atom. The highest BCUT2D eigenvalue weighted by molar-refractivity contribution is 7.81. The topological polar surface area (TPSA) is 43.4 Å². The summed E-state index contributed by atoms with van der Waals surface area (Å²) in [6.45, 7) is 1.63. The number of aryl methyl sites for hydroxylation is 1. The van der Waals surface area contributed by atoms with E-state index in [0.717, 1.165) is 12.1 Å². The van der Waals surface area contributed by atoms with Gasteiger partial charge in [-0.05, 0) is 30.7 Å². The van der Waals surface area contributed by atoms with Gasteiger partial charge in [-0.2, -0.15) is 13.2 Å². The van der Waals surface area contributed by atoms with Gasteiger partial charge in [-0.1, -0.05) is 30.3 Å². The minimum Gasteiger partial charge on any atom is -0.755 e. The van der Waals surface area contributed by atoms with Crippen LogP contribution in [0, 0.1) is 6.92 Å². The third-order valence-corrected chi connectivity index (χ3v) is 3.60. The predicted molar refractivity (Wildman–Crippen MR) is 73.7 cm³/mol. The Balaban J connectivity index is 2.66. The number of hydrogen-bond donors (Lipinski definition) is 0. The molecule has 21 heavy (non-hydrogen) atoms. The summed E-state index contributed by atoms with van der Waals surface area (Å²) in [4.78, 5) is 0. The number of halogens is 3. The first-order chi connectivity index (χ1) is 9.82. The van der Waals surface area contributed by atoms with E-state index >= 15 is 0 Å². The molecule has 0 amide bonds. The highest BCUT2D eigenvalue weighted by Gasteiger charge is 2.35. The molecule has 0 aromatic heterocycles. The zero-order valence-electron chi connectivity index (χ0n) is 10.9. The second kappa shape index (κ2) is 5.87. The lowest BCUT2D eigenvalue weighted by Gasteiger charge is -2.30. The molecule has 0 fully saturated rings. The fourth-order valence-electron chi connectivity index (χ4n) is 1.97. The number of nitrogens with zero attached hydrogens (tertiary/aromatic N) is 1. The van der Waals surface area contributed by atoms with Crippen LogP contribution >= 0.6 is 0 Å². The monoisotopic (exact) mass is 314 g/mol. The van der Waals surface area contributed by atoms with E-state index in [2.05, 4.69) is 0 Å². The van der Waals surface area contributed by atoms with E-state index in [0.29, 0.717) is 9.87 Å². The maximum absolute atomic E-state index is 13.1. The van der Waals surface area contributed by atoms with Crippen LogP contribution in [0.4, 0.5) is 24.5 Å². The van der Waals surface area contributed by atoms with Crippen LogP contribution in [0.2, 0.25) is 0 Å². The zero-order valence-corrected chi connectivity index (χ0v) is 11.7. The van der Waals surface area contributed by atoms with Crippen molar-refractivity contribution in [3.05, 3.63) is 59.7 Å². The SMILES string of the molecule is Cc1ccccc1N(c1ccccc1C(F)(F)F)S(=O)[O-]. The van der Waals surface area contributed by atoms with Crippen molar-refractivity contribution >= 4 is 22.6 Å². The van der Waals surface area contributed by atoms with E-state index < -0.39 is 28.7 Å². The van der Waals surface area contributed by atoms with Gasteiger partial charge in [-0.15, -0.1) is 0 Å². The molecular formula is C14H11F3NO2S-. The summed E-state index contributed by atoms with van der Waals surface area (Å²) in [5, 5.41) is 0. The molecule has 0 saturated heterocycles. The van der Waals surface area contributed by atoms with Crippen molar-refractivity contribution in [2.45, 2.75) is 13.1 Å². The Morgan fingerprint density at radius 3 is 2.05 bits per heavy atom. The van der Waals surface area contributed by atoms with Gasteiger partial charge in [0.05, 0.1) is 28.2 Å². The molecule has 0 aliphatic carbocycles. The van der Waals surface area contributed by atoms with Gasteiger partial charge in [-0.25, -0.2) is 0 Å². The average molecular weight is 314 g/mol. The maximum atomic E-state index is 13.1. The molecule has 0 heterocycles. The van der Waals surface area contributed by atoms with Crippen molar-refractivity contribution in [2.75, 3.05) is 4.31 Å². The van der Waals surface area contributed by atoms with Crippen LogP contribution in [0.5, 0.6) is 0 Å². The van der Waals surface area contributed by atoms with Gasteiger partial charge >= 0.3 is 6.18 Å². The molecule has 0 bridgehead atoms. The van der Waals surface area contributed by atoms with Gasteiger partial charge in [0.25, 0.3) is 0 Å². The molecule has 3 nitrogen and oxygen atoms in total. The van der Waals surface area contributed by atoms with Crippen molar-refractivity contribution in [1.29, 1.82) is 0 Å². The Morgan fingerprint density at radius 1 is 1.00 bits per heavy atom. The molecule has 0 saturated carbocycles. The van der Waals surface area contributed by atoms with Crippen molar-refractivity contribution in [3.8, 4) is 0 Å². The fraction of sp³-hybridized carbons (Fsp3) is 0.143. The Bertz CT molecular complexity index is 673. The molecule has 112 valence electrons. The number of benzene rings is 2. The van der Waals surface area contributed by atoms with Crippen LogP contribution < -0.4 is 4.31 Å². The van der Waals surface area contributed by atoms with Gasteiger partial charge in [0.2, 0.25) is 0 Å². The number of alkyl halides is 3. The Kier molecular flexibility index (Phi) is 4.34. The van der Waals surface area contributed by atoms with E-state index in [1.807, 2.05) is 0 Å². The third kappa shape index (κ3) is 3.25. The van der Waals surface area contributed by atoms with Gasteiger partial charge in [0, 0.05) is 0 Å². The van der Waals surface area contributed by atoms with Crippen LogP contribution in [0.25, 0.3) is 0 Å². The average Bonchev–Trinajstić information content (AvgIpc) is 2.40. The Hall–Kier alpha value is -1.86. The molecule has 1 atom stereocenters. The van der Waals surface area contributed by atoms with Crippen LogP contribution in [0.3, 0.4) is 0 Å². The molecule has 1 unspecified atom stereocenters. The summed E-state index contributed by atoms with van der Waals surface area (Å²) in [5.41, 5.74) is -0.689. The van der Waals surface area contributed by atoms with Gasteiger partial charge in [0.1, 0.15) is 0 Å². The minimum absolute atomic E-state index is 0.183. The summed E-state index contributed by atoms with van der Waals surface area (Å²) in [6, 6.07) is 10.9. The summed E-state index contributed by atoms with van der Waals surface area (Å²) >= 11 is -2.88. The van der Waals surface area contributed by atoms with Gasteiger partial charge in [-0.3, -0.25) is 8.51 Å². The third-order valence-electron chi connectivity index (χ3n) is 2.91. The first-order valence-electron chi connectivity index (χ1n) is 5.93.